The maximum Gasteiger partial charge on any atom is 0.416 e. The Morgan fingerprint density at radius 2 is 1.38 bits per heavy atom. The van der Waals surface area contributed by atoms with Gasteiger partial charge in [-0.2, -0.15) is 13.2 Å². The van der Waals surface area contributed by atoms with Gasteiger partial charge >= 0.3 is 6.18 Å². The first kappa shape index (κ1) is 23.8. The average molecular weight is 414 g/mol. The van der Waals surface area contributed by atoms with E-state index in [0.29, 0.717) is 25.0 Å². The monoisotopic (exact) mass is 414 g/mol. The lowest BCUT2D eigenvalue weighted by molar-refractivity contribution is -0.393. The van der Waals surface area contributed by atoms with Crippen molar-refractivity contribution >= 4 is 17.1 Å². The molecule has 8 nitrogen and oxygen atoms in total. The van der Waals surface area contributed by atoms with Crippen LogP contribution < -0.4 is 4.90 Å². The first-order chi connectivity index (χ1) is 13.6. The third-order valence-electron chi connectivity index (χ3n) is 3.66. The van der Waals surface area contributed by atoms with Crippen molar-refractivity contribution in [1.82, 2.24) is 4.98 Å². The molecule has 0 fully saturated rings. The fourth-order valence-electron chi connectivity index (χ4n) is 2.56. The Labute approximate surface area is 165 Å². The topological polar surface area (TPSA) is 102 Å². The molecule has 0 amide bonds. The summed E-state index contributed by atoms with van der Waals surface area (Å²) in [5.74, 6) is 0. The van der Waals surface area contributed by atoms with Crippen LogP contribution in [-0.2, 0) is 6.18 Å². The number of pyridine rings is 1. The van der Waals surface area contributed by atoms with Gasteiger partial charge in [0.1, 0.15) is 0 Å². The number of nitro benzene ring substituents is 2. The van der Waals surface area contributed by atoms with Gasteiger partial charge in [-0.3, -0.25) is 25.2 Å². The van der Waals surface area contributed by atoms with E-state index in [1.54, 1.807) is 26.2 Å². The molecule has 0 radical (unpaired) electrons. The van der Waals surface area contributed by atoms with Crippen molar-refractivity contribution in [3.8, 4) is 0 Å². The summed E-state index contributed by atoms with van der Waals surface area (Å²) < 4.78 is 38.5. The Hall–Kier alpha value is -3.24. The number of alkyl halides is 3. The van der Waals surface area contributed by atoms with Crippen molar-refractivity contribution < 1.29 is 23.0 Å². The highest BCUT2D eigenvalue weighted by Gasteiger charge is 2.38. The van der Waals surface area contributed by atoms with Gasteiger partial charge in [0.2, 0.25) is 0 Å². The quantitative estimate of drug-likeness (QED) is 0.454. The summed E-state index contributed by atoms with van der Waals surface area (Å²) in [5, 5.41) is 22.4. The molecule has 2 aromatic rings. The van der Waals surface area contributed by atoms with Crippen LogP contribution in [0.2, 0.25) is 0 Å². The van der Waals surface area contributed by atoms with Crippen LogP contribution in [0.25, 0.3) is 0 Å². The minimum Gasteiger partial charge on any atom is -0.360 e. The standard InChI is InChI=1S/C13H16F3N3O4.C5H5N/c1-3-5-17(6-4-2)12-10(18(20)21)7-9(13(14,15)16)8-11(12)19(22)23;1-2-4-6-5-3-1/h7-8H,3-6H2,1-2H3;1-5H. The molecular formula is C18H21F3N4O4. The lowest BCUT2D eigenvalue weighted by Gasteiger charge is -2.23. The van der Waals surface area contributed by atoms with E-state index in [4.69, 9.17) is 0 Å². The molecule has 29 heavy (non-hydrogen) atoms. The van der Waals surface area contributed by atoms with Gasteiger partial charge in [-0.15, -0.1) is 0 Å². The summed E-state index contributed by atoms with van der Waals surface area (Å²) in [4.78, 5) is 25.5. The number of nitro groups is 2. The Morgan fingerprint density at radius 3 is 1.62 bits per heavy atom. The molecule has 0 aliphatic heterocycles. The molecule has 1 aromatic heterocycles. The molecule has 0 bridgehead atoms. The largest absolute Gasteiger partial charge is 0.416 e. The van der Waals surface area contributed by atoms with E-state index in [9.17, 15) is 33.4 Å². The van der Waals surface area contributed by atoms with E-state index in [2.05, 4.69) is 4.98 Å². The number of aromatic nitrogens is 1. The first-order valence-electron chi connectivity index (χ1n) is 8.77. The van der Waals surface area contributed by atoms with E-state index in [0.717, 1.165) is 0 Å². The minimum atomic E-state index is -4.91. The minimum absolute atomic E-state index is 0.265. The molecule has 11 heteroatoms. The molecular weight excluding hydrogens is 393 g/mol. The van der Waals surface area contributed by atoms with Crippen LogP contribution in [0.3, 0.4) is 0 Å². The SMILES string of the molecule is CCCN(CCC)c1c([N+](=O)[O-])cc(C(F)(F)F)cc1[N+](=O)[O-].c1ccncc1. The zero-order chi connectivity index (χ0) is 22.0. The normalized spacial score (nSPS) is 10.7. The summed E-state index contributed by atoms with van der Waals surface area (Å²) >= 11 is 0. The predicted octanol–water partition coefficient (Wildman–Crippen LogP) is 5.23. The molecule has 0 aliphatic carbocycles. The second kappa shape index (κ2) is 10.9. The number of benzene rings is 1. The van der Waals surface area contributed by atoms with Crippen LogP contribution >= 0.6 is 0 Å². The number of hydrogen-bond donors (Lipinski definition) is 0. The highest BCUT2D eigenvalue weighted by Crippen LogP contribution is 2.43. The lowest BCUT2D eigenvalue weighted by Crippen LogP contribution is -2.27. The number of hydrogen-bond acceptors (Lipinski definition) is 6. The van der Waals surface area contributed by atoms with Crippen molar-refractivity contribution in [2.75, 3.05) is 18.0 Å². The highest BCUT2D eigenvalue weighted by molar-refractivity contribution is 5.76. The number of rotatable bonds is 7. The first-order valence-corrected chi connectivity index (χ1v) is 8.77. The molecule has 158 valence electrons. The molecule has 1 aromatic carbocycles. The Bertz CT molecular complexity index is 749. The van der Waals surface area contributed by atoms with Gasteiger partial charge in [-0.25, -0.2) is 0 Å². The summed E-state index contributed by atoms with van der Waals surface area (Å²) in [6.07, 6.45) is -0.334. The van der Waals surface area contributed by atoms with Gasteiger partial charge in [0.15, 0.2) is 5.69 Å². The summed E-state index contributed by atoms with van der Waals surface area (Å²) in [6, 6.07) is 6.41. The maximum absolute atomic E-state index is 12.8. The van der Waals surface area contributed by atoms with Crippen LogP contribution in [0.5, 0.6) is 0 Å². The molecule has 0 unspecified atom stereocenters. The van der Waals surface area contributed by atoms with Crippen LogP contribution in [0.1, 0.15) is 32.3 Å². The van der Waals surface area contributed by atoms with Crippen molar-refractivity contribution in [1.29, 1.82) is 0 Å². The second-order valence-electron chi connectivity index (χ2n) is 5.89. The Morgan fingerprint density at radius 1 is 0.931 bits per heavy atom. The fraction of sp³-hybridized carbons (Fsp3) is 0.389. The van der Waals surface area contributed by atoms with E-state index >= 15 is 0 Å². The zero-order valence-corrected chi connectivity index (χ0v) is 15.9. The molecule has 0 saturated carbocycles. The molecule has 0 aliphatic rings. The van der Waals surface area contributed by atoms with Crippen molar-refractivity contribution in [2.24, 2.45) is 0 Å². The smallest absolute Gasteiger partial charge is 0.360 e. The third-order valence-corrected chi connectivity index (χ3v) is 3.66. The molecule has 0 spiro atoms. The lowest BCUT2D eigenvalue weighted by atomic mass is 10.1. The number of anilines is 1. The average Bonchev–Trinajstić information content (AvgIpc) is 2.67. The number of nitrogens with zero attached hydrogens (tertiary/aromatic N) is 4. The van der Waals surface area contributed by atoms with Gasteiger partial charge in [0, 0.05) is 37.6 Å². The van der Waals surface area contributed by atoms with Crippen molar-refractivity contribution in [3.63, 3.8) is 0 Å². The molecule has 1 heterocycles. The van der Waals surface area contributed by atoms with E-state index < -0.39 is 33.0 Å². The molecule has 0 saturated heterocycles. The van der Waals surface area contributed by atoms with Crippen molar-refractivity contribution in [2.45, 2.75) is 32.9 Å². The Kier molecular flexibility index (Phi) is 8.97. The highest BCUT2D eigenvalue weighted by atomic mass is 19.4. The second-order valence-corrected chi connectivity index (χ2v) is 5.89. The van der Waals surface area contributed by atoms with E-state index in [1.165, 1.54) is 4.90 Å². The van der Waals surface area contributed by atoms with Crippen LogP contribution in [0.4, 0.5) is 30.2 Å². The van der Waals surface area contributed by atoms with Gasteiger partial charge in [-0.05, 0) is 25.0 Å². The zero-order valence-electron chi connectivity index (χ0n) is 15.9. The summed E-state index contributed by atoms with van der Waals surface area (Å²) in [5.41, 5.74) is -3.61. The molecule has 0 N–H and O–H groups in total. The van der Waals surface area contributed by atoms with Gasteiger partial charge < -0.3 is 4.90 Å². The maximum atomic E-state index is 12.8. The van der Waals surface area contributed by atoms with Crippen LogP contribution in [-0.4, -0.2) is 27.9 Å². The van der Waals surface area contributed by atoms with Gasteiger partial charge in [-0.1, -0.05) is 19.9 Å². The summed E-state index contributed by atoms with van der Waals surface area (Å²) in [6.45, 7) is 4.07. The predicted molar refractivity (Wildman–Crippen MR) is 102 cm³/mol. The van der Waals surface area contributed by atoms with Crippen LogP contribution in [0.15, 0.2) is 42.7 Å². The van der Waals surface area contributed by atoms with Gasteiger partial charge in [0.05, 0.1) is 15.4 Å². The van der Waals surface area contributed by atoms with Crippen LogP contribution in [0, 0.1) is 20.2 Å². The van der Waals surface area contributed by atoms with E-state index in [1.807, 2.05) is 18.2 Å². The van der Waals surface area contributed by atoms with Crippen molar-refractivity contribution in [3.05, 3.63) is 68.5 Å². The van der Waals surface area contributed by atoms with E-state index in [-0.39, 0.29) is 18.8 Å². The number of halogens is 3. The summed E-state index contributed by atoms with van der Waals surface area (Å²) in [7, 11) is 0. The third kappa shape index (κ3) is 7.01. The molecule has 0 atom stereocenters. The van der Waals surface area contributed by atoms with Gasteiger partial charge in [0.25, 0.3) is 11.4 Å². The Balaban J connectivity index is 0.000000594. The molecule has 2 rings (SSSR count). The fourth-order valence-corrected chi connectivity index (χ4v) is 2.56.